The second-order valence-corrected chi connectivity index (χ2v) is 8.49. The van der Waals surface area contributed by atoms with Gasteiger partial charge in [0.25, 0.3) is 0 Å². The van der Waals surface area contributed by atoms with Crippen LogP contribution in [0.15, 0.2) is 40.9 Å². The van der Waals surface area contributed by atoms with E-state index in [1.807, 2.05) is 37.4 Å². The van der Waals surface area contributed by atoms with Crippen LogP contribution in [0.2, 0.25) is 0 Å². The summed E-state index contributed by atoms with van der Waals surface area (Å²) >= 11 is 0. The topological polar surface area (TPSA) is 116 Å². The summed E-state index contributed by atoms with van der Waals surface area (Å²) in [4.78, 5) is 27.2. The van der Waals surface area contributed by atoms with Crippen molar-refractivity contribution in [1.82, 2.24) is 14.8 Å². The van der Waals surface area contributed by atoms with Gasteiger partial charge in [0.2, 0.25) is 0 Å². The number of hydrogen-bond donors (Lipinski definition) is 2. The number of furan rings is 1. The van der Waals surface area contributed by atoms with E-state index in [9.17, 15) is 26.3 Å². The van der Waals surface area contributed by atoms with Gasteiger partial charge in [-0.2, -0.15) is 26.3 Å². The number of carboxylic acid groups (broad SMARTS) is 2. The Labute approximate surface area is 213 Å². The van der Waals surface area contributed by atoms with Gasteiger partial charge in [0.15, 0.2) is 0 Å². The van der Waals surface area contributed by atoms with Gasteiger partial charge < -0.3 is 19.4 Å². The molecule has 4 heterocycles. The second-order valence-electron chi connectivity index (χ2n) is 8.49. The van der Waals surface area contributed by atoms with Crippen molar-refractivity contribution in [2.45, 2.75) is 51.0 Å². The molecule has 4 rings (SSSR count). The van der Waals surface area contributed by atoms with E-state index in [-0.39, 0.29) is 0 Å². The SMILES string of the molecule is Cc1ccc(CN2CCN3CC(OCc4ccccn4)CC3C2)o1.O=C(O)C(F)(F)F.O=C(O)C(F)(F)F. The van der Waals surface area contributed by atoms with Gasteiger partial charge in [-0.3, -0.25) is 14.8 Å². The summed E-state index contributed by atoms with van der Waals surface area (Å²) in [6.45, 7) is 7.90. The maximum atomic E-state index is 10.6. The molecule has 2 N–H and O–H groups in total. The first-order chi connectivity index (χ1) is 17.6. The molecule has 0 spiro atoms. The van der Waals surface area contributed by atoms with Crippen LogP contribution in [0.3, 0.4) is 0 Å². The molecule has 2 unspecified atom stereocenters. The van der Waals surface area contributed by atoms with Crippen LogP contribution in [0.4, 0.5) is 26.3 Å². The number of aryl methyl sites for hydroxylation is 1. The van der Waals surface area contributed by atoms with Crippen LogP contribution >= 0.6 is 0 Å². The standard InChI is InChI=1S/C19H25N3O2.2C2HF3O2/c1-15-5-6-18(24-15)12-21-8-9-22-13-19(10-17(22)11-21)23-14-16-4-2-3-7-20-16;2*3-2(4,5)1(6)7/h2-7,17,19H,8-14H2,1H3;2*(H,6,7). The minimum atomic E-state index is -5.08. The fourth-order valence-corrected chi connectivity index (χ4v) is 3.80. The van der Waals surface area contributed by atoms with E-state index < -0.39 is 24.3 Å². The van der Waals surface area contributed by atoms with Crippen LogP contribution in [-0.4, -0.2) is 87.6 Å². The predicted octanol–water partition coefficient (Wildman–Crippen LogP) is 3.72. The van der Waals surface area contributed by atoms with Crippen LogP contribution in [0.5, 0.6) is 0 Å². The van der Waals surface area contributed by atoms with Gasteiger partial charge in [0, 0.05) is 38.4 Å². The molecule has 2 aliphatic rings. The zero-order valence-corrected chi connectivity index (χ0v) is 20.2. The molecule has 0 saturated carbocycles. The fourth-order valence-electron chi connectivity index (χ4n) is 3.80. The number of alkyl halides is 6. The highest BCUT2D eigenvalue weighted by Crippen LogP contribution is 2.25. The third-order valence-electron chi connectivity index (χ3n) is 5.52. The molecule has 38 heavy (non-hydrogen) atoms. The average molecular weight is 555 g/mol. The molecule has 2 saturated heterocycles. The average Bonchev–Trinajstić information content (AvgIpc) is 3.43. The Kier molecular flexibility index (Phi) is 11.1. The molecule has 0 aromatic carbocycles. The van der Waals surface area contributed by atoms with Crippen LogP contribution < -0.4 is 0 Å². The molecule has 2 fully saturated rings. The number of hydrogen-bond acceptors (Lipinski definition) is 7. The summed E-state index contributed by atoms with van der Waals surface area (Å²) in [6.07, 6.45) is -6.91. The van der Waals surface area contributed by atoms with E-state index >= 15 is 0 Å². The predicted molar refractivity (Wildman–Crippen MR) is 119 cm³/mol. The number of aliphatic carboxylic acids is 2. The monoisotopic (exact) mass is 555 g/mol. The Balaban J connectivity index is 0.000000301. The minimum Gasteiger partial charge on any atom is -0.475 e. The van der Waals surface area contributed by atoms with Gasteiger partial charge in [0.1, 0.15) is 11.5 Å². The van der Waals surface area contributed by atoms with Crippen molar-refractivity contribution in [3.63, 3.8) is 0 Å². The molecule has 0 aliphatic carbocycles. The number of pyridine rings is 1. The van der Waals surface area contributed by atoms with Crippen LogP contribution in [-0.2, 0) is 27.5 Å². The maximum absolute atomic E-state index is 10.6. The zero-order valence-electron chi connectivity index (χ0n) is 20.2. The molecule has 15 heteroatoms. The molecule has 0 bridgehead atoms. The van der Waals surface area contributed by atoms with E-state index in [0.717, 1.165) is 56.4 Å². The number of aromatic nitrogens is 1. The Bertz CT molecular complexity index is 1010. The van der Waals surface area contributed by atoms with Crippen molar-refractivity contribution >= 4 is 11.9 Å². The molecule has 212 valence electrons. The molecular formula is C23H27F6N3O6. The number of carboxylic acids is 2. The van der Waals surface area contributed by atoms with Crippen LogP contribution in [0.1, 0.15) is 23.6 Å². The number of ether oxygens (including phenoxy) is 1. The van der Waals surface area contributed by atoms with Gasteiger partial charge >= 0.3 is 24.3 Å². The lowest BCUT2D eigenvalue weighted by Crippen LogP contribution is -2.49. The first-order valence-corrected chi connectivity index (χ1v) is 11.3. The number of halogens is 6. The molecule has 9 nitrogen and oxygen atoms in total. The number of fused-ring (bicyclic) bond motifs is 1. The summed E-state index contributed by atoms with van der Waals surface area (Å²) in [5.41, 5.74) is 1.01. The smallest absolute Gasteiger partial charge is 0.475 e. The lowest BCUT2D eigenvalue weighted by Gasteiger charge is -2.36. The normalized spacial score (nSPS) is 20.0. The van der Waals surface area contributed by atoms with Gasteiger partial charge in [-0.15, -0.1) is 0 Å². The molecule has 0 radical (unpaired) electrons. The summed E-state index contributed by atoms with van der Waals surface area (Å²) in [5.74, 6) is -3.45. The molecule has 2 aromatic rings. The number of rotatable bonds is 5. The van der Waals surface area contributed by atoms with Crippen LogP contribution in [0.25, 0.3) is 0 Å². The van der Waals surface area contributed by atoms with E-state index in [0.29, 0.717) is 18.8 Å². The second kappa shape index (κ2) is 13.6. The largest absolute Gasteiger partial charge is 0.490 e. The van der Waals surface area contributed by atoms with E-state index in [1.165, 1.54) is 0 Å². The van der Waals surface area contributed by atoms with E-state index in [2.05, 4.69) is 20.9 Å². The number of nitrogens with zero attached hydrogens (tertiary/aromatic N) is 3. The summed E-state index contributed by atoms with van der Waals surface area (Å²) in [7, 11) is 0. The van der Waals surface area contributed by atoms with E-state index in [4.69, 9.17) is 29.0 Å². The number of piperazine rings is 1. The Morgan fingerprint density at radius 2 is 1.66 bits per heavy atom. The third-order valence-corrected chi connectivity index (χ3v) is 5.52. The summed E-state index contributed by atoms with van der Waals surface area (Å²) in [6, 6.07) is 10.7. The van der Waals surface area contributed by atoms with Crippen molar-refractivity contribution in [2.24, 2.45) is 0 Å². The van der Waals surface area contributed by atoms with E-state index in [1.54, 1.807) is 0 Å². The third kappa shape index (κ3) is 10.7. The fraction of sp³-hybridized carbons (Fsp3) is 0.522. The van der Waals surface area contributed by atoms with Crippen molar-refractivity contribution < 1.29 is 55.3 Å². The Morgan fingerprint density at radius 3 is 2.16 bits per heavy atom. The lowest BCUT2D eigenvalue weighted by molar-refractivity contribution is -0.193. The Hall–Kier alpha value is -3.17. The first kappa shape index (κ1) is 31.1. The molecular weight excluding hydrogens is 528 g/mol. The highest BCUT2D eigenvalue weighted by Gasteiger charge is 2.39. The van der Waals surface area contributed by atoms with Crippen molar-refractivity contribution in [3.05, 3.63) is 53.7 Å². The first-order valence-electron chi connectivity index (χ1n) is 11.3. The van der Waals surface area contributed by atoms with Gasteiger partial charge in [-0.25, -0.2) is 9.59 Å². The van der Waals surface area contributed by atoms with Gasteiger partial charge in [0.05, 0.1) is 24.9 Å². The van der Waals surface area contributed by atoms with Crippen molar-refractivity contribution in [2.75, 3.05) is 26.2 Å². The highest BCUT2D eigenvalue weighted by atomic mass is 19.4. The lowest BCUT2D eigenvalue weighted by atomic mass is 10.1. The van der Waals surface area contributed by atoms with Crippen molar-refractivity contribution in [1.29, 1.82) is 0 Å². The van der Waals surface area contributed by atoms with Gasteiger partial charge in [-0.05, 0) is 37.6 Å². The Morgan fingerprint density at radius 1 is 1.03 bits per heavy atom. The zero-order chi connectivity index (χ0) is 28.5. The van der Waals surface area contributed by atoms with Gasteiger partial charge in [-0.1, -0.05) is 6.07 Å². The summed E-state index contributed by atoms with van der Waals surface area (Å²) < 4.78 is 75.3. The van der Waals surface area contributed by atoms with Crippen molar-refractivity contribution in [3.8, 4) is 0 Å². The maximum Gasteiger partial charge on any atom is 0.490 e. The minimum absolute atomic E-state index is 0.322. The quantitative estimate of drug-likeness (QED) is 0.533. The molecule has 2 aliphatic heterocycles. The number of carbonyl (C=O) groups is 2. The molecule has 2 atom stereocenters. The highest BCUT2D eigenvalue weighted by molar-refractivity contribution is 5.73. The molecule has 0 amide bonds. The summed E-state index contributed by atoms with van der Waals surface area (Å²) in [5, 5.41) is 14.2. The molecule has 2 aromatic heterocycles. The van der Waals surface area contributed by atoms with Crippen LogP contribution in [0, 0.1) is 6.92 Å².